The molecule has 31 heavy (non-hydrogen) atoms. The van der Waals surface area contributed by atoms with E-state index in [1.54, 1.807) is 18.2 Å². The minimum atomic E-state index is -0.654. The summed E-state index contributed by atoms with van der Waals surface area (Å²) in [6.45, 7) is 0.475. The number of aromatic amines is 2. The summed E-state index contributed by atoms with van der Waals surface area (Å²) in [5.41, 5.74) is 1.76. The number of nitrogens with one attached hydrogen (secondary N) is 4. The van der Waals surface area contributed by atoms with Gasteiger partial charge in [0.15, 0.2) is 11.5 Å². The van der Waals surface area contributed by atoms with Crippen LogP contribution in [0.3, 0.4) is 0 Å². The van der Waals surface area contributed by atoms with E-state index < -0.39 is 11.2 Å². The van der Waals surface area contributed by atoms with Crippen LogP contribution in [-0.4, -0.2) is 48.8 Å². The van der Waals surface area contributed by atoms with E-state index in [0.717, 1.165) is 12.5 Å². The Kier molecular flexibility index (Phi) is 9.02. The predicted molar refractivity (Wildman–Crippen MR) is 114 cm³/mol. The summed E-state index contributed by atoms with van der Waals surface area (Å²) in [4.78, 5) is 50.6. The first-order valence-electron chi connectivity index (χ1n) is 9.58. The van der Waals surface area contributed by atoms with Crippen molar-refractivity contribution in [2.75, 3.05) is 20.8 Å². The van der Waals surface area contributed by atoms with Crippen molar-refractivity contribution < 1.29 is 19.1 Å². The zero-order chi connectivity index (χ0) is 22.6. The molecule has 0 radical (unpaired) electrons. The molecule has 11 heteroatoms. The highest BCUT2D eigenvalue weighted by molar-refractivity contribution is 5.94. The molecule has 0 atom stereocenters. The van der Waals surface area contributed by atoms with Crippen molar-refractivity contribution >= 4 is 18.0 Å². The number of hydrogen-bond donors (Lipinski definition) is 4. The maximum Gasteiger partial charge on any atom is 0.326 e. The van der Waals surface area contributed by atoms with Crippen molar-refractivity contribution in [3.05, 3.63) is 56.4 Å². The monoisotopic (exact) mass is 431 g/mol. The smallest absolute Gasteiger partial charge is 0.326 e. The van der Waals surface area contributed by atoms with Gasteiger partial charge in [0.25, 0.3) is 11.5 Å². The average molecular weight is 431 g/mol. The molecule has 0 aliphatic heterocycles. The Hall–Kier alpha value is -3.89. The first kappa shape index (κ1) is 23.4. The van der Waals surface area contributed by atoms with Crippen molar-refractivity contribution in [3.63, 3.8) is 0 Å². The number of methoxy groups -OCH3 is 2. The highest BCUT2D eigenvalue weighted by Crippen LogP contribution is 2.27. The van der Waals surface area contributed by atoms with Gasteiger partial charge in [0.05, 0.1) is 26.1 Å². The van der Waals surface area contributed by atoms with Crippen LogP contribution in [0.1, 0.15) is 41.7 Å². The Morgan fingerprint density at radius 2 is 1.81 bits per heavy atom. The number of H-pyrrole nitrogens is 2. The molecule has 0 saturated heterocycles. The predicted octanol–water partition coefficient (Wildman–Crippen LogP) is 0.521. The van der Waals surface area contributed by atoms with E-state index in [9.17, 15) is 19.2 Å². The second-order valence-electron chi connectivity index (χ2n) is 6.47. The van der Waals surface area contributed by atoms with E-state index in [4.69, 9.17) is 9.47 Å². The van der Waals surface area contributed by atoms with E-state index in [1.165, 1.54) is 20.4 Å². The lowest BCUT2D eigenvalue weighted by atomic mass is 10.1. The second kappa shape index (κ2) is 12.0. The maximum atomic E-state index is 12.2. The molecule has 166 valence electrons. The third-order valence-electron chi connectivity index (χ3n) is 4.19. The summed E-state index contributed by atoms with van der Waals surface area (Å²) in [5.74, 6) is 0.519. The number of ether oxygens (including phenoxy) is 2. The van der Waals surface area contributed by atoms with Crippen LogP contribution in [0, 0.1) is 0 Å². The van der Waals surface area contributed by atoms with Gasteiger partial charge in [0.1, 0.15) is 0 Å². The lowest BCUT2D eigenvalue weighted by molar-refractivity contribution is -0.121. The first-order valence-corrected chi connectivity index (χ1v) is 9.58. The number of aromatic nitrogens is 2. The zero-order valence-corrected chi connectivity index (χ0v) is 17.3. The van der Waals surface area contributed by atoms with Gasteiger partial charge in [-0.05, 0) is 31.0 Å². The third kappa shape index (κ3) is 7.80. The highest BCUT2D eigenvalue weighted by atomic mass is 16.5. The number of nitrogens with zero attached hydrogens (tertiary/aromatic N) is 1. The highest BCUT2D eigenvalue weighted by Gasteiger charge is 2.10. The molecule has 1 aromatic heterocycles. The Morgan fingerprint density at radius 3 is 2.52 bits per heavy atom. The van der Waals surface area contributed by atoms with Crippen molar-refractivity contribution in [2.24, 2.45) is 5.10 Å². The van der Waals surface area contributed by atoms with Gasteiger partial charge in [-0.2, -0.15) is 5.10 Å². The topological polar surface area (TPSA) is 155 Å². The molecule has 0 fully saturated rings. The van der Waals surface area contributed by atoms with E-state index in [2.05, 4.69) is 20.8 Å². The summed E-state index contributed by atoms with van der Waals surface area (Å²) in [6.07, 6.45) is 3.51. The number of unbranched alkanes of at least 4 members (excludes halogenated alkanes) is 2. The molecule has 0 saturated carbocycles. The van der Waals surface area contributed by atoms with Crippen LogP contribution in [0.25, 0.3) is 0 Å². The Labute approximate surface area is 177 Å². The van der Waals surface area contributed by atoms with Crippen LogP contribution in [-0.2, 0) is 4.79 Å². The van der Waals surface area contributed by atoms with Gasteiger partial charge >= 0.3 is 5.69 Å². The summed E-state index contributed by atoms with van der Waals surface area (Å²) in [6, 6.07) is 6.08. The number of carbonyl (C=O) groups is 2. The van der Waals surface area contributed by atoms with E-state index >= 15 is 0 Å². The normalized spacial score (nSPS) is 10.6. The van der Waals surface area contributed by atoms with E-state index in [0.29, 0.717) is 36.4 Å². The van der Waals surface area contributed by atoms with Crippen molar-refractivity contribution in [1.29, 1.82) is 0 Å². The van der Waals surface area contributed by atoms with E-state index in [1.807, 2.05) is 4.98 Å². The zero-order valence-electron chi connectivity index (χ0n) is 17.3. The van der Waals surface area contributed by atoms with Gasteiger partial charge in [-0.25, -0.2) is 10.2 Å². The fourth-order valence-electron chi connectivity index (χ4n) is 2.66. The molecule has 11 nitrogen and oxygen atoms in total. The molecule has 4 N–H and O–H groups in total. The van der Waals surface area contributed by atoms with Gasteiger partial charge < -0.3 is 19.8 Å². The molecule has 2 aromatic rings. The molecular weight excluding hydrogens is 406 g/mol. The molecular formula is C20H25N5O6. The van der Waals surface area contributed by atoms with Crippen molar-refractivity contribution in [1.82, 2.24) is 20.7 Å². The fourth-order valence-corrected chi connectivity index (χ4v) is 2.66. The van der Waals surface area contributed by atoms with Crippen molar-refractivity contribution in [3.8, 4) is 11.5 Å². The average Bonchev–Trinajstić information content (AvgIpc) is 2.74. The summed E-state index contributed by atoms with van der Waals surface area (Å²) in [7, 11) is 3.03. The minimum Gasteiger partial charge on any atom is -0.493 e. The summed E-state index contributed by atoms with van der Waals surface area (Å²) >= 11 is 0. The molecule has 1 heterocycles. The number of benzene rings is 1. The van der Waals surface area contributed by atoms with Gasteiger partial charge in [0, 0.05) is 24.6 Å². The molecule has 0 aliphatic rings. The van der Waals surface area contributed by atoms with Crippen LogP contribution in [0.2, 0.25) is 0 Å². The Balaban J connectivity index is 1.64. The van der Waals surface area contributed by atoms with Crippen LogP contribution in [0.5, 0.6) is 11.5 Å². The molecule has 0 spiro atoms. The summed E-state index contributed by atoms with van der Waals surface area (Å²) < 4.78 is 10.3. The molecule has 2 amide bonds. The molecule has 0 unspecified atom stereocenters. The molecule has 1 aromatic carbocycles. The quantitative estimate of drug-likeness (QED) is 0.231. The van der Waals surface area contributed by atoms with E-state index in [-0.39, 0.29) is 23.9 Å². The Morgan fingerprint density at radius 1 is 1.03 bits per heavy atom. The second-order valence-corrected chi connectivity index (χ2v) is 6.47. The maximum absolute atomic E-state index is 12.2. The third-order valence-corrected chi connectivity index (χ3v) is 4.19. The number of amides is 2. The van der Waals surface area contributed by atoms with Crippen LogP contribution in [0.4, 0.5) is 0 Å². The lowest BCUT2D eigenvalue weighted by Crippen LogP contribution is -2.24. The number of carbonyl (C=O) groups excluding carboxylic acids is 2. The number of rotatable bonds is 11. The minimum absolute atomic E-state index is 0.180. The van der Waals surface area contributed by atoms with Gasteiger partial charge in [-0.3, -0.25) is 19.4 Å². The number of hydrazone groups is 1. The SMILES string of the molecule is COc1ccc(C(=O)NCCCCCC(=O)N/N=C\c2cc(=O)[nH]c(=O)[nH]2)cc1OC. The van der Waals surface area contributed by atoms with Crippen LogP contribution in [0.15, 0.2) is 39.0 Å². The standard InChI is InChI=1S/C20H25N5O6/c1-30-15-8-7-13(10-16(15)31-2)19(28)21-9-5-3-4-6-17(26)25-22-12-14-11-18(27)24-20(29)23-14/h7-8,10-12H,3-6,9H2,1-2H3,(H,21,28)(H,25,26)(H2,23,24,27,29)/b22-12-. The number of hydrogen-bond acceptors (Lipinski definition) is 7. The first-order chi connectivity index (χ1) is 14.9. The van der Waals surface area contributed by atoms with Crippen molar-refractivity contribution in [2.45, 2.75) is 25.7 Å². The summed E-state index contributed by atoms with van der Waals surface area (Å²) in [5, 5.41) is 6.52. The van der Waals surface area contributed by atoms with Gasteiger partial charge in [0.2, 0.25) is 5.91 Å². The Bertz CT molecular complexity index is 1010. The molecule has 2 rings (SSSR count). The largest absolute Gasteiger partial charge is 0.493 e. The van der Waals surface area contributed by atoms with Crippen LogP contribution >= 0.6 is 0 Å². The lowest BCUT2D eigenvalue weighted by Gasteiger charge is -2.10. The fraction of sp³-hybridized carbons (Fsp3) is 0.350. The van der Waals surface area contributed by atoms with Gasteiger partial charge in [-0.15, -0.1) is 0 Å². The molecule has 0 aliphatic carbocycles. The molecule has 0 bridgehead atoms. The van der Waals surface area contributed by atoms with Crippen LogP contribution < -0.4 is 31.5 Å². The van der Waals surface area contributed by atoms with Gasteiger partial charge in [-0.1, -0.05) is 6.42 Å².